The highest BCUT2D eigenvalue weighted by molar-refractivity contribution is 6.03. The molecule has 0 aliphatic heterocycles. The van der Waals surface area contributed by atoms with Crippen LogP contribution in [-0.4, -0.2) is 18.0 Å². The Morgan fingerprint density at radius 2 is 1.80 bits per heavy atom. The lowest BCUT2D eigenvalue weighted by Gasteiger charge is -2.11. The van der Waals surface area contributed by atoms with Crippen LogP contribution in [0.5, 0.6) is 5.75 Å². The van der Waals surface area contributed by atoms with Crippen molar-refractivity contribution in [1.82, 2.24) is 4.98 Å². The Morgan fingerprint density at radius 3 is 2.48 bits per heavy atom. The molecule has 0 saturated carbocycles. The van der Waals surface area contributed by atoms with E-state index in [0.29, 0.717) is 11.4 Å². The number of nitrogens with one attached hydrogen (secondary N) is 2. The molecule has 6 heteroatoms. The van der Waals surface area contributed by atoms with E-state index in [-0.39, 0.29) is 11.7 Å². The number of para-hydroxylation sites is 2. The molecular weight excluding hydrogens is 321 g/mol. The smallest absolute Gasteiger partial charge is 0.256 e. The molecule has 2 aromatic carbocycles. The molecule has 5 nitrogen and oxygen atoms in total. The third-order valence-electron chi connectivity index (χ3n) is 3.50. The first kappa shape index (κ1) is 16.4. The van der Waals surface area contributed by atoms with Gasteiger partial charge < -0.3 is 15.4 Å². The van der Waals surface area contributed by atoms with Crippen LogP contribution in [0.2, 0.25) is 0 Å². The minimum absolute atomic E-state index is 0.349. The van der Waals surface area contributed by atoms with E-state index in [1.54, 1.807) is 25.4 Å². The molecule has 0 aliphatic carbocycles. The minimum atomic E-state index is -0.388. The number of aromatic nitrogens is 1. The SMILES string of the molecule is COc1ccccc1Nc1ccc(NC(=O)c2ccc(F)cc2)nc1. The molecule has 3 rings (SSSR count). The summed E-state index contributed by atoms with van der Waals surface area (Å²) in [6, 6.07) is 16.3. The zero-order valence-corrected chi connectivity index (χ0v) is 13.5. The standard InChI is InChI=1S/C19H16FN3O2/c1-25-17-5-3-2-4-16(17)22-15-10-11-18(21-12-15)23-19(24)13-6-8-14(20)9-7-13/h2-12,22H,1H3,(H,21,23,24). The maximum atomic E-state index is 12.9. The van der Waals surface area contributed by atoms with Gasteiger partial charge in [-0.1, -0.05) is 12.1 Å². The molecule has 0 saturated heterocycles. The average Bonchev–Trinajstić information content (AvgIpc) is 2.64. The lowest BCUT2D eigenvalue weighted by molar-refractivity contribution is 0.102. The fourth-order valence-electron chi connectivity index (χ4n) is 2.23. The van der Waals surface area contributed by atoms with Crippen molar-refractivity contribution in [2.45, 2.75) is 0 Å². The summed E-state index contributed by atoms with van der Waals surface area (Å²) >= 11 is 0. The van der Waals surface area contributed by atoms with Gasteiger partial charge in [0.15, 0.2) is 0 Å². The first-order valence-electron chi connectivity index (χ1n) is 7.59. The largest absolute Gasteiger partial charge is 0.495 e. The fraction of sp³-hybridized carbons (Fsp3) is 0.0526. The maximum absolute atomic E-state index is 12.9. The van der Waals surface area contributed by atoms with E-state index in [1.807, 2.05) is 24.3 Å². The average molecular weight is 337 g/mol. The van der Waals surface area contributed by atoms with E-state index >= 15 is 0 Å². The second-order valence-corrected chi connectivity index (χ2v) is 5.22. The van der Waals surface area contributed by atoms with Gasteiger partial charge in [-0.05, 0) is 48.5 Å². The Kier molecular flexibility index (Phi) is 4.89. The van der Waals surface area contributed by atoms with Crippen LogP contribution in [0.3, 0.4) is 0 Å². The number of ether oxygens (including phenoxy) is 1. The van der Waals surface area contributed by atoms with Crippen LogP contribution in [-0.2, 0) is 0 Å². The molecule has 0 aliphatic rings. The minimum Gasteiger partial charge on any atom is -0.495 e. The molecule has 0 radical (unpaired) electrons. The Bertz CT molecular complexity index is 865. The number of rotatable bonds is 5. The summed E-state index contributed by atoms with van der Waals surface area (Å²) in [7, 11) is 1.60. The molecule has 1 amide bonds. The van der Waals surface area contributed by atoms with Gasteiger partial charge in [-0.15, -0.1) is 0 Å². The van der Waals surface area contributed by atoms with Gasteiger partial charge in [0.25, 0.3) is 5.91 Å². The van der Waals surface area contributed by atoms with Crippen LogP contribution >= 0.6 is 0 Å². The van der Waals surface area contributed by atoms with E-state index in [4.69, 9.17) is 4.74 Å². The zero-order valence-electron chi connectivity index (χ0n) is 13.5. The first-order chi connectivity index (χ1) is 12.2. The number of carbonyl (C=O) groups excluding carboxylic acids is 1. The first-order valence-corrected chi connectivity index (χ1v) is 7.59. The van der Waals surface area contributed by atoms with Gasteiger partial charge in [0.2, 0.25) is 0 Å². The van der Waals surface area contributed by atoms with E-state index in [2.05, 4.69) is 15.6 Å². The zero-order chi connectivity index (χ0) is 17.6. The summed E-state index contributed by atoms with van der Waals surface area (Å²) in [4.78, 5) is 16.3. The number of carbonyl (C=O) groups is 1. The van der Waals surface area contributed by atoms with Gasteiger partial charge in [0, 0.05) is 5.56 Å². The van der Waals surface area contributed by atoms with Crippen LogP contribution in [0.15, 0.2) is 66.9 Å². The van der Waals surface area contributed by atoms with E-state index in [1.165, 1.54) is 24.3 Å². The quantitative estimate of drug-likeness (QED) is 0.731. The molecule has 2 N–H and O–H groups in total. The summed E-state index contributed by atoms with van der Waals surface area (Å²) in [5, 5.41) is 5.87. The highest BCUT2D eigenvalue weighted by Crippen LogP contribution is 2.26. The predicted molar refractivity (Wildman–Crippen MR) is 94.9 cm³/mol. The fourth-order valence-corrected chi connectivity index (χ4v) is 2.23. The van der Waals surface area contributed by atoms with Gasteiger partial charge in [0.1, 0.15) is 17.4 Å². The maximum Gasteiger partial charge on any atom is 0.256 e. The number of benzene rings is 2. The number of halogens is 1. The Labute approximate surface area is 144 Å². The summed E-state index contributed by atoms with van der Waals surface area (Å²) in [5.41, 5.74) is 1.93. The molecule has 1 aromatic heterocycles. The molecule has 25 heavy (non-hydrogen) atoms. The number of pyridine rings is 1. The van der Waals surface area contributed by atoms with Gasteiger partial charge in [-0.2, -0.15) is 0 Å². The highest BCUT2D eigenvalue weighted by atomic mass is 19.1. The molecule has 126 valence electrons. The summed E-state index contributed by atoms with van der Waals surface area (Å²) in [6.07, 6.45) is 1.60. The highest BCUT2D eigenvalue weighted by Gasteiger charge is 2.07. The molecular formula is C19H16FN3O2. The van der Waals surface area contributed by atoms with Crippen LogP contribution in [0.1, 0.15) is 10.4 Å². The lowest BCUT2D eigenvalue weighted by Crippen LogP contribution is -2.12. The molecule has 0 spiro atoms. The third kappa shape index (κ3) is 4.11. The summed E-state index contributed by atoms with van der Waals surface area (Å²) in [5.74, 6) is 0.385. The van der Waals surface area contributed by atoms with E-state index < -0.39 is 0 Å². The Balaban J connectivity index is 1.68. The second kappa shape index (κ2) is 7.44. The normalized spacial score (nSPS) is 10.2. The van der Waals surface area contributed by atoms with Crippen LogP contribution in [0.4, 0.5) is 21.6 Å². The molecule has 0 atom stereocenters. The van der Waals surface area contributed by atoms with Crippen molar-refractivity contribution in [1.29, 1.82) is 0 Å². The van der Waals surface area contributed by atoms with Crippen LogP contribution in [0.25, 0.3) is 0 Å². The molecule has 0 bridgehead atoms. The van der Waals surface area contributed by atoms with E-state index in [9.17, 15) is 9.18 Å². The van der Waals surface area contributed by atoms with E-state index in [0.717, 1.165) is 17.1 Å². The number of amides is 1. The van der Waals surface area contributed by atoms with Crippen LogP contribution in [0, 0.1) is 5.82 Å². The number of anilines is 3. The second-order valence-electron chi connectivity index (χ2n) is 5.22. The van der Waals surface area contributed by atoms with Crippen molar-refractivity contribution in [3.05, 3.63) is 78.2 Å². The van der Waals surface area contributed by atoms with Crippen LogP contribution < -0.4 is 15.4 Å². The van der Waals surface area contributed by atoms with Gasteiger partial charge in [-0.3, -0.25) is 4.79 Å². The van der Waals surface area contributed by atoms with Crippen molar-refractivity contribution in [2.24, 2.45) is 0 Å². The molecule has 0 fully saturated rings. The molecule has 1 heterocycles. The van der Waals surface area contributed by atoms with Gasteiger partial charge >= 0.3 is 0 Å². The Hall–Kier alpha value is -3.41. The predicted octanol–water partition coefficient (Wildman–Crippen LogP) is 4.23. The van der Waals surface area contributed by atoms with Crippen molar-refractivity contribution in [2.75, 3.05) is 17.7 Å². The van der Waals surface area contributed by atoms with Gasteiger partial charge in [-0.25, -0.2) is 9.37 Å². The van der Waals surface area contributed by atoms with Crippen molar-refractivity contribution in [3.8, 4) is 5.75 Å². The summed E-state index contributed by atoms with van der Waals surface area (Å²) < 4.78 is 18.2. The monoisotopic (exact) mass is 337 g/mol. The Morgan fingerprint density at radius 1 is 1.04 bits per heavy atom. The van der Waals surface area contributed by atoms with Crippen molar-refractivity contribution < 1.29 is 13.9 Å². The number of hydrogen-bond donors (Lipinski definition) is 2. The number of methoxy groups -OCH3 is 1. The number of nitrogens with zero attached hydrogens (tertiary/aromatic N) is 1. The lowest BCUT2D eigenvalue weighted by atomic mass is 10.2. The van der Waals surface area contributed by atoms with Crippen molar-refractivity contribution >= 4 is 23.1 Å². The molecule has 3 aromatic rings. The summed E-state index contributed by atoms with van der Waals surface area (Å²) in [6.45, 7) is 0. The third-order valence-corrected chi connectivity index (χ3v) is 3.50. The van der Waals surface area contributed by atoms with Crippen molar-refractivity contribution in [3.63, 3.8) is 0 Å². The molecule has 0 unspecified atom stereocenters. The topological polar surface area (TPSA) is 63.2 Å². The number of hydrogen-bond acceptors (Lipinski definition) is 4. The van der Waals surface area contributed by atoms with Gasteiger partial charge in [0.05, 0.1) is 24.7 Å².